The molecule has 2 nitrogen and oxygen atoms in total. The minimum Gasteiger partial charge on any atom is -0.192 e. The summed E-state index contributed by atoms with van der Waals surface area (Å²) in [6.45, 7) is 0. The number of hydrogen-bond donors (Lipinski definition) is 0. The molecule has 0 fully saturated rings. The molecule has 240 valence electrons. The number of nitriles is 2. The van der Waals surface area contributed by atoms with Crippen molar-refractivity contribution in [1.82, 2.24) is 0 Å². The first-order chi connectivity index (χ1) is 24.2. The van der Waals surface area contributed by atoms with Gasteiger partial charge < -0.3 is 0 Å². The van der Waals surface area contributed by atoms with Crippen LogP contribution in [0.15, 0.2) is 146 Å². The van der Waals surface area contributed by atoms with Crippen LogP contribution < -0.4 is 0 Å². The fourth-order valence-electron chi connectivity index (χ4n) is 6.45. The summed E-state index contributed by atoms with van der Waals surface area (Å²) in [6, 6.07) is 55.3. The maximum absolute atomic E-state index is 9.02. The fraction of sp³-hybridized carbons (Fsp3) is 0.191. The van der Waals surface area contributed by atoms with E-state index in [0.717, 1.165) is 35.1 Å². The molecule has 0 saturated heterocycles. The number of rotatable bonds is 14. The van der Waals surface area contributed by atoms with Crippen LogP contribution in [0.1, 0.15) is 67.2 Å². The van der Waals surface area contributed by atoms with Gasteiger partial charge in [-0.15, -0.1) is 0 Å². The van der Waals surface area contributed by atoms with Gasteiger partial charge >= 0.3 is 0 Å². The molecule has 49 heavy (non-hydrogen) atoms. The Kier molecular flexibility index (Phi) is 11.5. The molecule has 0 saturated carbocycles. The van der Waals surface area contributed by atoms with Crippen molar-refractivity contribution in [1.29, 1.82) is 10.5 Å². The summed E-state index contributed by atoms with van der Waals surface area (Å²) in [7, 11) is 0. The van der Waals surface area contributed by atoms with E-state index in [1.807, 2.05) is 48.5 Å². The molecule has 2 heteroatoms. The Morgan fingerprint density at radius 2 is 0.469 bits per heavy atom. The first kappa shape index (κ1) is 33.2. The van der Waals surface area contributed by atoms with Gasteiger partial charge in [-0.3, -0.25) is 0 Å². The van der Waals surface area contributed by atoms with Crippen LogP contribution >= 0.6 is 0 Å². The highest BCUT2D eigenvalue weighted by Crippen LogP contribution is 2.27. The Bertz CT molecular complexity index is 1840. The molecule has 0 unspecified atom stereocenters. The van der Waals surface area contributed by atoms with E-state index in [2.05, 4.69) is 109 Å². The maximum atomic E-state index is 9.02. The molecule has 6 aromatic rings. The van der Waals surface area contributed by atoms with Crippen LogP contribution in [-0.2, 0) is 12.8 Å². The van der Waals surface area contributed by atoms with E-state index >= 15 is 0 Å². The molecule has 0 bridgehead atoms. The van der Waals surface area contributed by atoms with Gasteiger partial charge in [-0.05, 0) is 106 Å². The zero-order valence-electron chi connectivity index (χ0n) is 28.1. The summed E-state index contributed by atoms with van der Waals surface area (Å²) >= 11 is 0. The van der Waals surface area contributed by atoms with Gasteiger partial charge in [0.05, 0.1) is 23.3 Å². The first-order valence-electron chi connectivity index (χ1n) is 17.6. The number of hydrogen-bond acceptors (Lipinski definition) is 2. The summed E-state index contributed by atoms with van der Waals surface area (Å²) in [6.07, 6.45) is 11.4. The van der Waals surface area contributed by atoms with Crippen molar-refractivity contribution in [2.24, 2.45) is 0 Å². The van der Waals surface area contributed by atoms with Gasteiger partial charge in [0.1, 0.15) is 0 Å². The van der Waals surface area contributed by atoms with E-state index in [1.54, 1.807) is 0 Å². The van der Waals surface area contributed by atoms with Crippen molar-refractivity contribution in [3.8, 4) is 56.6 Å². The highest BCUT2D eigenvalue weighted by Gasteiger charge is 2.04. The lowest BCUT2D eigenvalue weighted by atomic mass is 9.97. The number of nitrogens with zero attached hydrogens (tertiary/aromatic N) is 2. The second kappa shape index (κ2) is 16.9. The quantitative estimate of drug-likeness (QED) is 0.112. The predicted octanol–water partition coefficient (Wildman–Crippen LogP) is 12.6. The molecule has 6 aromatic carbocycles. The largest absolute Gasteiger partial charge is 0.192 e. The van der Waals surface area contributed by atoms with Crippen LogP contribution in [0, 0.1) is 22.7 Å². The molecular formula is C47H42N2. The van der Waals surface area contributed by atoms with Crippen LogP contribution in [0.2, 0.25) is 0 Å². The molecule has 6 rings (SSSR count). The van der Waals surface area contributed by atoms with Crippen molar-refractivity contribution in [2.75, 3.05) is 0 Å². The summed E-state index contributed by atoms with van der Waals surface area (Å²) in [5.74, 6) is 0. The van der Waals surface area contributed by atoms with Crippen LogP contribution in [0.5, 0.6) is 0 Å². The van der Waals surface area contributed by atoms with E-state index in [1.165, 1.54) is 78.3 Å². The Hall–Kier alpha value is -5.70. The third-order valence-corrected chi connectivity index (χ3v) is 9.47. The molecular weight excluding hydrogens is 593 g/mol. The monoisotopic (exact) mass is 634 g/mol. The molecule has 0 heterocycles. The van der Waals surface area contributed by atoms with Gasteiger partial charge in [0.15, 0.2) is 0 Å². The molecule has 0 aromatic heterocycles. The Morgan fingerprint density at radius 1 is 0.265 bits per heavy atom. The highest BCUT2D eigenvalue weighted by molar-refractivity contribution is 5.72. The lowest BCUT2D eigenvalue weighted by molar-refractivity contribution is 0.579. The van der Waals surface area contributed by atoms with Crippen molar-refractivity contribution in [3.05, 3.63) is 168 Å². The Morgan fingerprint density at radius 3 is 0.714 bits per heavy atom. The van der Waals surface area contributed by atoms with Gasteiger partial charge in [-0.1, -0.05) is 153 Å². The molecule has 0 aliphatic rings. The summed E-state index contributed by atoms with van der Waals surface area (Å²) in [5, 5.41) is 18.0. The minimum absolute atomic E-state index is 0.688. The summed E-state index contributed by atoms with van der Waals surface area (Å²) in [5.41, 5.74) is 13.7. The highest BCUT2D eigenvalue weighted by atomic mass is 14.2. The predicted molar refractivity (Wildman–Crippen MR) is 204 cm³/mol. The van der Waals surface area contributed by atoms with Crippen LogP contribution in [0.3, 0.4) is 0 Å². The molecule has 0 aliphatic carbocycles. The van der Waals surface area contributed by atoms with E-state index in [0.29, 0.717) is 11.1 Å². The minimum atomic E-state index is 0.688. The SMILES string of the molecule is N#Cc1ccc(-c2ccc(-c3ccc(CCCCCCCCCc4ccc(-c5ccc(-c6ccc(C#N)cc6)cc5)cc4)cc3)cc2)cc1. The zero-order chi connectivity index (χ0) is 33.7. The van der Waals surface area contributed by atoms with E-state index in [-0.39, 0.29) is 0 Å². The number of unbranched alkanes of at least 4 members (excludes halogenated alkanes) is 6. The van der Waals surface area contributed by atoms with Crippen LogP contribution in [0.4, 0.5) is 0 Å². The topological polar surface area (TPSA) is 47.6 Å². The smallest absolute Gasteiger partial charge is 0.0991 e. The van der Waals surface area contributed by atoms with Gasteiger partial charge in [-0.2, -0.15) is 10.5 Å². The van der Waals surface area contributed by atoms with Crippen molar-refractivity contribution < 1.29 is 0 Å². The van der Waals surface area contributed by atoms with Gasteiger partial charge in [0.2, 0.25) is 0 Å². The lowest BCUT2D eigenvalue weighted by Crippen LogP contribution is -1.89. The number of benzene rings is 6. The van der Waals surface area contributed by atoms with Crippen LogP contribution in [0.25, 0.3) is 44.5 Å². The Balaban J connectivity index is 0.843. The average Bonchev–Trinajstić information content (AvgIpc) is 3.18. The second-order valence-corrected chi connectivity index (χ2v) is 12.9. The van der Waals surface area contributed by atoms with E-state index in [4.69, 9.17) is 10.5 Å². The molecule has 0 spiro atoms. The molecule has 0 radical (unpaired) electrons. The molecule has 0 amide bonds. The first-order valence-corrected chi connectivity index (χ1v) is 17.6. The normalized spacial score (nSPS) is 10.7. The second-order valence-electron chi connectivity index (χ2n) is 12.9. The van der Waals surface area contributed by atoms with Gasteiger partial charge in [0, 0.05) is 0 Å². The third kappa shape index (κ3) is 9.22. The molecule has 0 atom stereocenters. The lowest BCUT2D eigenvalue weighted by Gasteiger charge is -2.08. The zero-order valence-corrected chi connectivity index (χ0v) is 28.1. The van der Waals surface area contributed by atoms with Crippen LogP contribution in [-0.4, -0.2) is 0 Å². The Labute approximate surface area is 292 Å². The van der Waals surface area contributed by atoms with E-state index < -0.39 is 0 Å². The molecule has 0 aliphatic heterocycles. The molecule has 0 N–H and O–H groups in total. The summed E-state index contributed by atoms with van der Waals surface area (Å²) < 4.78 is 0. The third-order valence-electron chi connectivity index (χ3n) is 9.47. The average molecular weight is 635 g/mol. The van der Waals surface area contributed by atoms with Gasteiger partial charge in [-0.25, -0.2) is 0 Å². The van der Waals surface area contributed by atoms with Crippen molar-refractivity contribution in [2.45, 2.75) is 57.8 Å². The standard InChI is InChI=1S/C47H42N2/c48-34-38-14-22-42(23-15-38)46-30-26-44(27-31-46)40-18-10-36(11-19-40)8-6-4-2-1-3-5-7-9-37-12-20-41(21-13-37)45-28-32-47(33-29-45)43-24-16-39(35-49)17-25-43/h10-33H,1-9H2. The fourth-order valence-corrected chi connectivity index (χ4v) is 6.45. The van der Waals surface area contributed by atoms with Crippen molar-refractivity contribution in [3.63, 3.8) is 0 Å². The van der Waals surface area contributed by atoms with Crippen molar-refractivity contribution >= 4 is 0 Å². The van der Waals surface area contributed by atoms with Gasteiger partial charge in [0.25, 0.3) is 0 Å². The number of aryl methyl sites for hydroxylation is 2. The summed E-state index contributed by atoms with van der Waals surface area (Å²) in [4.78, 5) is 0. The maximum Gasteiger partial charge on any atom is 0.0991 e. The van der Waals surface area contributed by atoms with E-state index in [9.17, 15) is 0 Å².